The number of carbonyl (C=O) groups is 1. The maximum absolute atomic E-state index is 12.6. The number of amides is 1. The van der Waals surface area contributed by atoms with Gasteiger partial charge >= 0.3 is 0 Å². The molecular weight excluding hydrogens is 394 g/mol. The van der Waals surface area contributed by atoms with E-state index in [1.165, 1.54) is 0 Å². The van der Waals surface area contributed by atoms with Gasteiger partial charge in [-0.3, -0.25) is 4.79 Å². The van der Waals surface area contributed by atoms with Gasteiger partial charge in [-0.2, -0.15) is 16.5 Å². The van der Waals surface area contributed by atoms with Crippen LogP contribution >= 0.6 is 24.2 Å². The summed E-state index contributed by atoms with van der Waals surface area (Å²) in [5, 5.41) is 6.25. The normalized spacial score (nSPS) is 16.5. The van der Waals surface area contributed by atoms with E-state index < -0.39 is 16.1 Å². The molecule has 1 saturated heterocycles. The van der Waals surface area contributed by atoms with Gasteiger partial charge in [0, 0.05) is 6.04 Å². The maximum atomic E-state index is 12.6. The van der Waals surface area contributed by atoms with Gasteiger partial charge in [0.2, 0.25) is 15.9 Å². The smallest absolute Gasteiger partial charge is 0.241 e. The van der Waals surface area contributed by atoms with E-state index in [9.17, 15) is 13.2 Å². The predicted molar refractivity (Wildman–Crippen MR) is 110 cm³/mol. The van der Waals surface area contributed by atoms with Crippen molar-refractivity contribution < 1.29 is 13.2 Å². The van der Waals surface area contributed by atoms with Crippen LogP contribution in [0, 0.1) is 6.92 Å². The predicted octanol–water partition coefficient (Wildman–Crippen LogP) is 1.69. The van der Waals surface area contributed by atoms with Crippen LogP contribution in [0.25, 0.3) is 0 Å². The Bertz CT molecular complexity index is 662. The minimum atomic E-state index is -3.72. The number of thioether (sulfide) groups is 1. The standard InChI is InChI=1S/C17H27N3O3S2.ClH/c1-13-3-5-15(6-4-13)25(22,23)20-16(9-12-24-2)17(21)19-14-7-10-18-11-8-14;/h3-6,14,16,18,20H,7-12H2,1-2H3,(H,19,21);1H. The molecule has 6 nitrogen and oxygen atoms in total. The Morgan fingerprint density at radius 3 is 2.46 bits per heavy atom. The van der Waals surface area contributed by atoms with Crippen molar-refractivity contribution in [1.29, 1.82) is 0 Å². The lowest BCUT2D eigenvalue weighted by Gasteiger charge is -2.26. The number of hydrogen-bond acceptors (Lipinski definition) is 5. The number of carbonyl (C=O) groups excluding carboxylic acids is 1. The molecular formula is C17H28ClN3O3S2. The van der Waals surface area contributed by atoms with E-state index in [-0.39, 0.29) is 29.3 Å². The maximum Gasteiger partial charge on any atom is 0.241 e. The summed E-state index contributed by atoms with van der Waals surface area (Å²) in [5.41, 5.74) is 0.988. The van der Waals surface area contributed by atoms with Gasteiger partial charge in [-0.25, -0.2) is 8.42 Å². The average molecular weight is 422 g/mol. The third-order valence-corrected chi connectivity index (χ3v) is 6.37. The molecule has 1 aromatic rings. The van der Waals surface area contributed by atoms with E-state index >= 15 is 0 Å². The fourth-order valence-corrected chi connectivity index (χ4v) is 4.42. The third-order valence-electron chi connectivity index (χ3n) is 4.24. The van der Waals surface area contributed by atoms with Crippen LogP contribution in [0.3, 0.4) is 0 Å². The van der Waals surface area contributed by atoms with Crippen molar-refractivity contribution in [3.8, 4) is 0 Å². The SMILES string of the molecule is CSCCC(NS(=O)(=O)c1ccc(C)cc1)C(=O)NC1CCNCC1.Cl. The highest BCUT2D eigenvalue weighted by molar-refractivity contribution is 7.98. The first kappa shape index (κ1) is 23.2. The second kappa shape index (κ2) is 11.1. The van der Waals surface area contributed by atoms with Gasteiger partial charge in [-0.1, -0.05) is 17.7 Å². The Hall–Kier alpha value is -0.800. The molecule has 1 unspecified atom stereocenters. The van der Waals surface area contributed by atoms with Gasteiger partial charge in [0.05, 0.1) is 4.90 Å². The molecule has 148 valence electrons. The summed E-state index contributed by atoms with van der Waals surface area (Å²) in [6.45, 7) is 3.64. The number of nitrogens with one attached hydrogen (secondary N) is 3. The first-order valence-electron chi connectivity index (χ1n) is 8.51. The first-order chi connectivity index (χ1) is 11.9. The molecule has 0 saturated carbocycles. The van der Waals surface area contributed by atoms with E-state index in [0.29, 0.717) is 12.2 Å². The zero-order valence-corrected chi connectivity index (χ0v) is 17.6. The first-order valence-corrected chi connectivity index (χ1v) is 11.4. The highest BCUT2D eigenvalue weighted by atomic mass is 35.5. The molecule has 2 rings (SSSR count). The second-order valence-electron chi connectivity index (χ2n) is 6.30. The number of piperidine rings is 1. The summed E-state index contributed by atoms with van der Waals surface area (Å²) in [4.78, 5) is 12.8. The molecule has 0 aliphatic carbocycles. The zero-order valence-electron chi connectivity index (χ0n) is 15.2. The molecule has 1 aliphatic rings. The van der Waals surface area contributed by atoms with Crippen LogP contribution in [0.2, 0.25) is 0 Å². The number of rotatable bonds is 8. The second-order valence-corrected chi connectivity index (χ2v) is 9.00. The quantitative estimate of drug-likeness (QED) is 0.594. The van der Waals surface area contributed by atoms with Gasteiger partial charge in [0.15, 0.2) is 0 Å². The van der Waals surface area contributed by atoms with Gasteiger partial charge in [0.1, 0.15) is 6.04 Å². The summed E-state index contributed by atoms with van der Waals surface area (Å²) < 4.78 is 27.8. The van der Waals surface area contributed by atoms with Gasteiger partial charge in [-0.15, -0.1) is 12.4 Å². The number of sulfonamides is 1. The van der Waals surface area contributed by atoms with Crippen molar-refractivity contribution >= 4 is 40.1 Å². The van der Waals surface area contributed by atoms with E-state index in [4.69, 9.17) is 0 Å². The molecule has 1 aliphatic heterocycles. The summed E-state index contributed by atoms with van der Waals surface area (Å²) in [5.74, 6) is 0.470. The molecule has 1 amide bonds. The highest BCUT2D eigenvalue weighted by Crippen LogP contribution is 2.13. The van der Waals surface area contributed by atoms with Crippen molar-refractivity contribution in [1.82, 2.24) is 15.4 Å². The topological polar surface area (TPSA) is 87.3 Å². The lowest BCUT2D eigenvalue weighted by atomic mass is 10.1. The number of hydrogen-bond donors (Lipinski definition) is 3. The molecule has 1 fully saturated rings. The fraction of sp³-hybridized carbons (Fsp3) is 0.588. The Morgan fingerprint density at radius 1 is 1.27 bits per heavy atom. The molecule has 1 aromatic carbocycles. The van der Waals surface area contributed by atoms with Crippen molar-refractivity contribution in [2.45, 2.75) is 43.2 Å². The molecule has 0 spiro atoms. The average Bonchev–Trinajstić information content (AvgIpc) is 2.59. The van der Waals surface area contributed by atoms with E-state index in [0.717, 1.165) is 31.5 Å². The van der Waals surface area contributed by atoms with Crippen LogP contribution in [0.1, 0.15) is 24.8 Å². The van der Waals surface area contributed by atoms with Crippen LogP contribution in [-0.4, -0.2) is 51.5 Å². The minimum absolute atomic E-state index is 0. The highest BCUT2D eigenvalue weighted by Gasteiger charge is 2.27. The number of aryl methyl sites for hydroxylation is 1. The zero-order chi connectivity index (χ0) is 18.3. The Kier molecular flexibility index (Phi) is 9.95. The van der Waals surface area contributed by atoms with Crippen molar-refractivity contribution in [3.05, 3.63) is 29.8 Å². The van der Waals surface area contributed by atoms with Crippen molar-refractivity contribution in [3.63, 3.8) is 0 Å². The summed E-state index contributed by atoms with van der Waals surface area (Å²) >= 11 is 1.59. The monoisotopic (exact) mass is 421 g/mol. The Morgan fingerprint density at radius 2 is 1.88 bits per heavy atom. The Balaban J connectivity index is 0.00000338. The number of benzene rings is 1. The van der Waals surface area contributed by atoms with Gasteiger partial charge in [-0.05, 0) is 63.4 Å². The van der Waals surface area contributed by atoms with Crippen molar-refractivity contribution in [2.75, 3.05) is 25.1 Å². The molecule has 1 atom stereocenters. The lowest BCUT2D eigenvalue weighted by molar-refractivity contribution is -0.123. The molecule has 26 heavy (non-hydrogen) atoms. The Labute approximate surface area is 166 Å². The molecule has 1 heterocycles. The van der Waals surface area contributed by atoms with Crippen LogP contribution in [0.15, 0.2) is 29.2 Å². The fourth-order valence-electron chi connectivity index (χ4n) is 2.72. The van der Waals surface area contributed by atoms with Crippen LogP contribution in [0.5, 0.6) is 0 Å². The van der Waals surface area contributed by atoms with Gasteiger partial charge < -0.3 is 10.6 Å². The summed E-state index contributed by atoms with van der Waals surface area (Å²) in [6.07, 6.45) is 4.14. The van der Waals surface area contributed by atoms with E-state index in [1.54, 1.807) is 36.0 Å². The molecule has 3 N–H and O–H groups in total. The van der Waals surface area contributed by atoms with Crippen LogP contribution < -0.4 is 15.4 Å². The lowest BCUT2D eigenvalue weighted by Crippen LogP contribution is -2.51. The largest absolute Gasteiger partial charge is 0.352 e. The molecule has 0 bridgehead atoms. The molecule has 0 radical (unpaired) electrons. The van der Waals surface area contributed by atoms with Gasteiger partial charge in [0.25, 0.3) is 0 Å². The molecule has 0 aromatic heterocycles. The summed E-state index contributed by atoms with van der Waals surface area (Å²) in [6, 6.07) is 5.98. The molecule has 9 heteroatoms. The minimum Gasteiger partial charge on any atom is -0.352 e. The van der Waals surface area contributed by atoms with Crippen LogP contribution in [-0.2, 0) is 14.8 Å². The summed E-state index contributed by atoms with van der Waals surface area (Å²) in [7, 11) is -3.72. The van der Waals surface area contributed by atoms with E-state index in [2.05, 4.69) is 15.4 Å². The number of halogens is 1. The third kappa shape index (κ3) is 7.08. The van der Waals surface area contributed by atoms with E-state index in [1.807, 2.05) is 13.2 Å². The van der Waals surface area contributed by atoms with Crippen LogP contribution in [0.4, 0.5) is 0 Å². The van der Waals surface area contributed by atoms with Crippen molar-refractivity contribution in [2.24, 2.45) is 0 Å².